The van der Waals surface area contributed by atoms with Gasteiger partial charge >= 0.3 is 5.97 Å². The van der Waals surface area contributed by atoms with Crippen molar-refractivity contribution in [2.24, 2.45) is 13.0 Å². The normalized spacial score (nSPS) is 17.9. The number of amides is 2. The molecule has 3 heterocycles. The van der Waals surface area contributed by atoms with Crippen LogP contribution in [0.15, 0.2) is 42.6 Å². The molecule has 0 bridgehead atoms. The number of aromatic nitrogens is 1. The van der Waals surface area contributed by atoms with Crippen molar-refractivity contribution in [2.45, 2.75) is 12.8 Å². The zero-order valence-corrected chi connectivity index (χ0v) is 18.2. The van der Waals surface area contributed by atoms with Gasteiger partial charge in [-0.1, -0.05) is 0 Å². The number of nitrogens with zero attached hydrogens (tertiary/aromatic N) is 4. The van der Waals surface area contributed by atoms with Gasteiger partial charge in [-0.3, -0.25) is 15.0 Å². The number of hydrogen-bond acceptors (Lipinski definition) is 5. The number of carbonyl (C=O) groups excluding carboxylic acids is 2. The first-order chi connectivity index (χ1) is 15.4. The van der Waals surface area contributed by atoms with Gasteiger partial charge in [-0.15, -0.1) is 0 Å². The molecule has 9 heteroatoms. The minimum Gasteiger partial charge on any atom is -0.478 e. The molecular weight excluding hydrogens is 410 g/mol. The number of carboxylic acid groups (broad SMARTS) is 1. The van der Waals surface area contributed by atoms with Gasteiger partial charge in [-0.25, -0.2) is 9.80 Å². The highest BCUT2D eigenvalue weighted by Gasteiger charge is 2.28. The number of anilines is 1. The van der Waals surface area contributed by atoms with Gasteiger partial charge in [0.25, 0.3) is 5.91 Å². The number of benzene rings is 1. The van der Waals surface area contributed by atoms with Gasteiger partial charge in [0.05, 0.1) is 5.56 Å². The molecule has 0 unspecified atom stereocenters. The number of aryl methyl sites for hydroxylation is 1. The van der Waals surface area contributed by atoms with Gasteiger partial charge < -0.3 is 19.5 Å². The van der Waals surface area contributed by atoms with Crippen LogP contribution in [-0.2, 0) is 11.8 Å². The van der Waals surface area contributed by atoms with Crippen molar-refractivity contribution in [2.75, 3.05) is 44.2 Å². The van der Waals surface area contributed by atoms with Crippen LogP contribution < -0.4 is 10.3 Å². The van der Waals surface area contributed by atoms with Crippen molar-refractivity contribution in [3.63, 3.8) is 0 Å². The highest BCUT2D eigenvalue weighted by molar-refractivity contribution is 5.92. The van der Waals surface area contributed by atoms with Crippen molar-refractivity contribution >= 4 is 23.5 Å². The lowest BCUT2D eigenvalue weighted by molar-refractivity contribution is -0.131. The number of carbonyl (C=O) groups is 3. The fourth-order valence-electron chi connectivity index (χ4n) is 4.33. The Bertz CT molecular complexity index is 971. The predicted molar refractivity (Wildman–Crippen MR) is 119 cm³/mol. The zero-order chi connectivity index (χ0) is 22.7. The molecule has 0 aliphatic carbocycles. The molecule has 1 aromatic heterocycles. The maximum absolute atomic E-state index is 12.8. The number of hydrazine groups is 1. The molecule has 2 aromatic rings. The van der Waals surface area contributed by atoms with Gasteiger partial charge in [0.15, 0.2) is 0 Å². The summed E-state index contributed by atoms with van der Waals surface area (Å²) in [7, 11) is 1.86. The largest absolute Gasteiger partial charge is 0.478 e. The third kappa shape index (κ3) is 4.77. The fraction of sp³-hybridized carbons (Fsp3) is 0.435. The number of carboxylic acids is 1. The average Bonchev–Trinajstić information content (AvgIpc) is 3.25. The number of aromatic carboxylic acids is 1. The van der Waals surface area contributed by atoms with Crippen molar-refractivity contribution in [1.82, 2.24) is 19.9 Å². The zero-order valence-electron chi connectivity index (χ0n) is 18.2. The summed E-state index contributed by atoms with van der Waals surface area (Å²) < 4.78 is 1.82. The van der Waals surface area contributed by atoms with E-state index >= 15 is 0 Å². The second kappa shape index (κ2) is 9.44. The number of piperidine rings is 1. The van der Waals surface area contributed by atoms with Gasteiger partial charge in [0.2, 0.25) is 5.91 Å². The molecule has 9 nitrogen and oxygen atoms in total. The van der Waals surface area contributed by atoms with Crippen LogP contribution in [-0.4, -0.2) is 76.6 Å². The van der Waals surface area contributed by atoms with E-state index in [9.17, 15) is 14.4 Å². The Morgan fingerprint density at radius 3 is 2.16 bits per heavy atom. The van der Waals surface area contributed by atoms with E-state index in [1.54, 1.807) is 12.1 Å². The third-order valence-corrected chi connectivity index (χ3v) is 6.34. The topological polar surface area (TPSA) is 98.1 Å². The van der Waals surface area contributed by atoms with Crippen LogP contribution in [0.5, 0.6) is 0 Å². The fourth-order valence-corrected chi connectivity index (χ4v) is 4.33. The standard InChI is InChI=1S/C23H29N5O4/c1-25-10-2-3-20(25)22(30)27-13-15-28(16-14-27)24-21(29)17-8-11-26(12-9-17)19-6-4-18(5-7-19)23(31)32/h2-7,10,17H,8-9,11-16H2,1H3,(H,24,29)(H,31,32). The first kappa shape index (κ1) is 21.9. The molecule has 170 valence electrons. The molecule has 0 spiro atoms. The number of hydrogen-bond donors (Lipinski definition) is 2. The minimum absolute atomic E-state index is 0.0206. The lowest BCUT2D eigenvalue weighted by Gasteiger charge is -2.37. The first-order valence-corrected chi connectivity index (χ1v) is 11.0. The highest BCUT2D eigenvalue weighted by Crippen LogP contribution is 2.24. The average molecular weight is 440 g/mol. The van der Waals surface area contributed by atoms with Crippen molar-refractivity contribution in [1.29, 1.82) is 0 Å². The summed E-state index contributed by atoms with van der Waals surface area (Å²) in [4.78, 5) is 40.4. The molecule has 2 aliphatic rings. The van der Waals surface area contributed by atoms with Crippen LogP contribution in [0.1, 0.15) is 33.7 Å². The second-order valence-electron chi connectivity index (χ2n) is 8.37. The van der Waals surface area contributed by atoms with E-state index in [0.717, 1.165) is 31.6 Å². The van der Waals surface area contributed by atoms with Crippen LogP contribution in [0.3, 0.4) is 0 Å². The number of rotatable bonds is 5. The molecule has 32 heavy (non-hydrogen) atoms. The third-order valence-electron chi connectivity index (χ3n) is 6.34. The van der Waals surface area contributed by atoms with Gasteiger partial charge in [0, 0.05) is 64.1 Å². The molecule has 2 aliphatic heterocycles. The molecule has 2 fully saturated rings. The summed E-state index contributed by atoms with van der Waals surface area (Å²) in [5, 5.41) is 10.9. The number of nitrogens with one attached hydrogen (secondary N) is 1. The van der Waals surface area contributed by atoms with E-state index in [1.165, 1.54) is 0 Å². The van der Waals surface area contributed by atoms with Crippen LogP contribution in [0, 0.1) is 5.92 Å². The van der Waals surface area contributed by atoms with Gasteiger partial charge in [0.1, 0.15) is 5.69 Å². The Kier molecular flexibility index (Phi) is 6.45. The van der Waals surface area contributed by atoms with Gasteiger partial charge in [-0.05, 0) is 49.2 Å². The van der Waals surface area contributed by atoms with Crippen LogP contribution in [0.25, 0.3) is 0 Å². The molecule has 0 radical (unpaired) electrons. The van der Waals surface area contributed by atoms with Crippen LogP contribution in [0.4, 0.5) is 5.69 Å². The Morgan fingerprint density at radius 1 is 0.938 bits per heavy atom. The summed E-state index contributed by atoms with van der Waals surface area (Å²) in [6, 6.07) is 10.5. The highest BCUT2D eigenvalue weighted by atomic mass is 16.4. The lowest BCUT2D eigenvalue weighted by Crippen LogP contribution is -2.56. The Hall–Kier alpha value is -3.33. The van der Waals surface area contributed by atoms with E-state index in [4.69, 9.17) is 5.11 Å². The van der Waals surface area contributed by atoms with E-state index in [0.29, 0.717) is 31.9 Å². The summed E-state index contributed by atoms with van der Waals surface area (Å²) >= 11 is 0. The summed E-state index contributed by atoms with van der Waals surface area (Å²) in [5.41, 5.74) is 4.96. The van der Waals surface area contributed by atoms with Crippen LogP contribution >= 0.6 is 0 Å². The monoisotopic (exact) mass is 439 g/mol. The first-order valence-electron chi connectivity index (χ1n) is 11.0. The van der Waals surface area contributed by atoms with Gasteiger partial charge in [-0.2, -0.15) is 0 Å². The molecule has 4 rings (SSSR count). The molecule has 2 amide bonds. The smallest absolute Gasteiger partial charge is 0.335 e. The quantitative estimate of drug-likeness (QED) is 0.732. The Balaban J connectivity index is 1.22. The lowest BCUT2D eigenvalue weighted by atomic mass is 9.95. The van der Waals surface area contributed by atoms with E-state index in [1.807, 2.05) is 52.0 Å². The minimum atomic E-state index is -0.933. The van der Waals surface area contributed by atoms with Crippen molar-refractivity contribution in [3.8, 4) is 0 Å². The molecule has 0 saturated carbocycles. The molecular formula is C23H29N5O4. The summed E-state index contributed by atoms with van der Waals surface area (Å²) in [5.74, 6) is -0.926. The Morgan fingerprint density at radius 2 is 1.59 bits per heavy atom. The molecule has 0 atom stereocenters. The van der Waals surface area contributed by atoms with E-state index < -0.39 is 5.97 Å². The predicted octanol–water partition coefficient (Wildman–Crippen LogP) is 1.43. The van der Waals surface area contributed by atoms with Crippen molar-refractivity contribution < 1.29 is 19.5 Å². The Labute approximate surface area is 187 Å². The maximum Gasteiger partial charge on any atom is 0.335 e. The summed E-state index contributed by atoms with van der Waals surface area (Å²) in [6.07, 6.45) is 3.36. The molecule has 1 aromatic carbocycles. The molecule has 2 saturated heterocycles. The van der Waals surface area contributed by atoms with E-state index in [2.05, 4.69) is 10.3 Å². The second-order valence-corrected chi connectivity index (χ2v) is 8.37. The van der Waals surface area contributed by atoms with Crippen LogP contribution in [0.2, 0.25) is 0 Å². The van der Waals surface area contributed by atoms with Crippen molar-refractivity contribution in [3.05, 3.63) is 53.9 Å². The van der Waals surface area contributed by atoms with E-state index in [-0.39, 0.29) is 23.3 Å². The maximum atomic E-state index is 12.8. The summed E-state index contributed by atoms with van der Waals surface area (Å²) in [6.45, 7) is 3.88. The molecule has 2 N–H and O–H groups in total. The SMILES string of the molecule is Cn1cccc1C(=O)N1CCN(NC(=O)C2CCN(c3ccc(C(=O)O)cc3)CC2)CC1. The number of piperazine rings is 1.